The molecule has 0 aliphatic rings. The van der Waals surface area contributed by atoms with Crippen molar-refractivity contribution in [2.24, 2.45) is 5.73 Å². The molecule has 0 fully saturated rings. The molecule has 0 aromatic heterocycles. The molecular weight excluding hydrogens is 234 g/mol. The number of hydrogen-bond donors (Lipinski definition) is 1. The van der Waals surface area contributed by atoms with E-state index in [0.29, 0.717) is 16.9 Å². The Morgan fingerprint density at radius 3 is 2.28 bits per heavy atom. The van der Waals surface area contributed by atoms with Crippen molar-refractivity contribution >= 4 is 11.4 Å². The van der Waals surface area contributed by atoms with Crippen LogP contribution in [-0.2, 0) is 6.54 Å². The van der Waals surface area contributed by atoms with E-state index in [2.05, 4.69) is 0 Å². The second kappa shape index (κ2) is 5.14. The first-order valence-corrected chi connectivity index (χ1v) is 5.60. The molecule has 0 heterocycles. The second-order valence-corrected chi connectivity index (χ2v) is 4.00. The van der Waals surface area contributed by atoms with Crippen LogP contribution in [0, 0.1) is 11.6 Å². The van der Waals surface area contributed by atoms with E-state index in [1.807, 2.05) is 0 Å². The fourth-order valence-electron chi connectivity index (χ4n) is 1.80. The first kappa shape index (κ1) is 12.5. The summed E-state index contributed by atoms with van der Waals surface area (Å²) in [5.41, 5.74) is 6.79. The molecule has 2 rings (SSSR count). The Balaban J connectivity index is 2.40. The van der Waals surface area contributed by atoms with Crippen LogP contribution < -0.4 is 10.6 Å². The summed E-state index contributed by atoms with van der Waals surface area (Å²) in [5, 5.41) is 0. The summed E-state index contributed by atoms with van der Waals surface area (Å²) in [5.74, 6) is -0.800. The third kappa shape index (κ3) is 2.33. The van der Waals surface area contributed by atoms with Crippen molar-refractivity contribution in [3.8, 4) is 0 Å². The SMILES string of the molecule is CN(c1ccccc1F)c1ccc(CN)cc1F. The lowest BCUT2D eigenvalue weighted by molar-refractivity contribution is 0.616. The van der Waals surface area contributed by atoms with Crippen LogP contribution >= 0.6 is 0 Å². The van der Waals surface area contributed by atoms with Gasteiger partial charge in [0.2, 0.25) is 0 Å². The van der Waals surface area contributed by atoms with Gasteiger partial charge >= 0.3 is 0 Å². The maximum absolute atomic E-state index is 13.9. The molecule has 0 saturated heterocycles. The molecule has 0 amide bonds. The van der Waals surface area contributed by atoms with E-state index < -0.39 is 5.82 Å². The molecule has 0 atom stereocenters. The molecule has 0 spiro atoms. The van der Waals surface area contributed by atoms with E-state index >= 15 is 0 Å². The molecule has 0 unspecified atom stereocenters. The molecule has 2 aromatic rings. The highest BCUT2D eigenvalue weighted by Gasteiger charge is 2.12. The maximum atomic E-state index is 13.9. The molecular formula is C14H14F2N2. The van der Waals surface area contributed by atoms with Gasteiger partial charge in [-0.2, -0.15) is 0 Å². The van der Waals surface area contributed by atoms with E-state index in [4.69, 9.17) is 5.73 Å². The van der Waals surface area contributed by atoms with E-state index in [1.165, 1.54) is 17.0 Å². The number of benzene rings is 2. The largest absolute Gasteiger partial charge is 0.340 e. The molecule has 0 saturated carbocycles. The first-order chi connectivity index (χ1) is 8.63. The smallest absolute Gasteiger partial charge is 0.147 e. The number of halogens is 2. The van der Waals surface area contributed by atoms with Gasteiger partial charge in [-0.15, -0.1) is 0 Å². The van der Waals surface area contributed by atoms with Gasteiger partial charge in [-0.25, -0.2) is 8.78 Å². The number of rotatable bonds is 3. The van der Waals surface area contributed by atoms with E-state index in [1.54, 1.807) is 37.4 Å². The summed E-state index contributed by atoms with van der Waals surface area (Å²) >= 11 is 0. The van der Waals surface area contributed by atoms with Crippen LogP contribution in [0.2, 0.25) is 0 Å². The fraction of sp³-hybridized carbons (Fsp3) is 0.143. The zero-order chi connectivity index (χ0) is 13.1. The normalized spacial score (nSPS) is 10.4. The van der Waals surface area contributed by atoms with Crippen LogP contribution in [0.1, 0.15) is 5.56 Å². The van der Waals surface area contributed by atoms with Gasteiger partial charge in [-0.1, -0.05) is 18.2 Å². The van der Waals surface area contributed by atoms with Gasteiger partial charge in [-0.05, 0) is 29.8 Å². The van der Waals surface area contributed by atoms with Crippen LogP contribution in [0.5, 0.6) is 0 Å². The maximum Gasteiger partial charge on any atom is 0.147 e. The van der Waals surface area contributed by atoms with Crippen molar-refractivity contribution in [2.45, 2.75) is 6.54 Å². The minimum Gasteiger partial charge on any atom is -0.340 e. The highest BCUT2D eigenvalue weighted by atomic mass is 19.1. The number of hydrogen-bond acceptors (Lipinski definition) is 2. The molecule has 2 N–H and O–H groups in total. The van der Waals surface area contributed by atoms with Crippen molar-refractivity contribution < 1.29 is 8.78 Å². The summed E-state index contributed by atoms with van der Waals surface area (Å²) in [6.45, 7) is 0.278. The van der Waals surface area contributed by atoms with Gasteiger partial charge in [0, 0.05) is 13.6 Å². The predicted molar refractivity (Wildman–Crippen MR) is 68.8 cm³/mol. The number of nitrogens with two attached hydrogens (primary N) is 1. The van der Waals surface area contributed by atoms with Crippen molar-refractivity contribution in [1.29, 1.82) is 0 Å². The molecule has 94 valence electrons. The first-order valence-electron chi connectivity index (χ1n) is 5.60. The molecule has 0 aliphatic carbocycles. The minimum absolute atomic E-state index is 0.278. The van der Waals surface area contributed by atoms with Crippen molar-refractivity contribution in [3.05, 3.63) is 59.7 Å². The minimum atomic E-state index is -0.413. The van der Waals surface area contributed by atoms with Crippen molar-refractivity contribution in [2.75, 3.05) is 11.9 Å². The monoisotopic (exact) mass is 248 g/mol. The van der Waals surface area contributed by atoms with E-state index in [9.17, 15) is 8.78 Å². The molecule has 4 heteroatoms. The van der Waals surface area contributed by atoms with Crippen molar-refractivity contribution in [3.63, 3.8) is 0 Å². The topological polar surface area (TPSA) is 29.3 Å². The third-order valence-electron chi connectivity index (χ3n) is 2.82. The molecule has 0 aliphatic heterocycles. The van der Waals surface area contributed by atoms with E-state index in [-0.39, 0.29) is 12.4 Å². The lowest BCUT2D eigenvalue weighted by Crippen LogP contribution is -2.13. The molecule has 2 nitrogen and oxygen atoms in total. The fourth-order valence-corrected chi connectivity index (χ4v) is 1.80. The third-order valence-corrected chi connectivity index (χ3v) is 2.82. The summed E-state index contributed by atoms with van der Waals surface area (Å²) in [6.07, 6.45) is 0. The molecule has 2 aromatic carbocycles. The lowest BCUT2D eigenvalue weighted by atomic mass is 10.1. The average molecular weight is 248 g/mol. The highest BCUT2D eigenvalue weighted by Crippen LogP contribution is 2.28. The second-order valence-electron chi connectivity index (χ2n) is 4.00. The van der Waals surface area contributed by atoms with Gasteiger partial charge in [0.25, 0.3) is 0 Å². The van der Waals surface area contributed by atoms with Gasteiger partial charge in [-0.3, -0.25) is 0 Å². The summed E-state index contributed by atoms with van der Waals surface area (Å²) in [4.78, 5) is 1.48. The van der Waals surface area contributed by atoms with Gasteiger partial charge in [0.15, 0.2) is 0 Å². The molecule has 18 heavy (non-hydrogen) atoms. The van der Waals surface area contributed by atoms with Crippen LogP contribution in [-0.4, -0.2) is 7.05 Å². The average Bonchev–Trinajstić information content (AvgIpc) is 2.38. The summed E-state index contributed by atoms with van der Waals surface area (Å²) in [6, 6.07) is 11.0. The van der Waals surface area contributed by atoms with Gasteiger partial charge < -0.3 is 10.6 Å². The molecule has 0 bridgehead atoms. The van der Waals surface area contributed by atoms with Crippen LogP contribution in [0.15, 0.2) is 42.5 Å². The standard InChI is InChI=1S/C14H14F2N2/c1-18(13-5-3-2-4-11(13)15)14-7-6-10(9-17)8-12(14)16/h2-8H,9,17H2,1H3. The van der Waals surface area contributed by atoms with E-state index in [0.717, 1.165) is 0 Å². The lowest BCUT2D eigenvalue weighted by Gasteiger charge is -2.21. The number of nitrogens with zero attached hydrogens (tertiary/aromatic N) is 1. The van der Waals surface area contributed by atoms with Gasteiger partial charge in [0.05, 0.1) is 11.4 Å². The van der Waals surface area contributed by atoms with Crippen LogP contribution in [0.4, 0.5) is 20.2 Å². The Morgan fingerprint density at radius 2 is 1.67 bits per heavy atom. The van der Waals surface area contributed by atoms with Crippen molar-refractivity contribution in [1.82, 2.24) is 0 Å². The highest BCUT2D eigenvalue weighted by molar-refractivity contribution is 5.63. The Labute approximate surface area is 105 Å². The quantitative estimate of drug-likeness (QED) is 0.903. The molecule has 0 radical (unpaired) electrons. The Hall–Kier alpha value is -1.94. The summed E-state index contributed by atoms with van der Waals surface area (Å²) in [7, 11) is 1.62. The zero-order valence-corrected chi connectivity index (χ0v) is 10.0. The summed E-state index contributed by atoms with van der Waals surface area (Å²) < 4.78 is 27.5. The van der Waals surface area contributed by atoms with Gasteiger partial charge in [0.1, 0.15) is 11.6 Å². The number of anilines is 2. The zero-order valence-electron chi connectivity index (χ0n) is 10.0. The Kier molecular flexibility index (Phi) is 3.58. The van der Waals surface area contributed by atoms with Crippen LogP contribution in [0.3, 0.4) is 0 Å². The Morgan fingerprint density at radius 1 is 1.00 bits per heavy atom. The predicted octanol–water partition coefficient (Wildman–Crippen LogP) is 3.19. The number of para-hydroxylation sites is 1. The van der Waals surface area contributed by atoms with Crippen LogP contribution in [0.25, 0.3) is 0 Å². The Bertz CT molecular complexity index is 555.